The molecule has 3 saturated carbocycles. The van der Waals surface area contributed by atoms with Gasteiger partial charge in [0.15, 0.2) is 5.78 Å². The van der Waals surface area contributed by atoms with Crippen LogP contribution in [0.5, 0.6) is 0 Å². The zero-order valence-electron chi connectivity index (χ0n) is 23.1. The second-order valence-corrected chi connectivity index (χ2v) is 15.2. The van der Waals surface area contributed by atoms with E-state index >= 15 is 0 Å². The summed E-state index contributed by atoms with van der Waals surface area (Å²) < 4.78 is 0.755. The maximum absolute atomic E-state index is 13.3. The van der Waals surface area contributed by atoms with Gasteiger partial charge in [0, 0.05) is 17.7 Å². The van der Waals surface area contributed by atoms with Crippen LogP contribution in [0.15, 0.2) is 23.8 Å². The van der Waals surface area contributed by atoms with E-state index in [4.69, 9.17) is 11.6 Å². The monoisotopic (exact) mass is 545 g/mol. The molecule has 4 aliphatic rings. The number of hydrogen-bond donors (Lipinski definition) is 2. The van der Waals surface area contributed by atoms with Crippen molar-refractivity contribution in [1.29, 1.82) is 0 Å². The Kier molecular flexibility index (Phi) is 7.48. The number of carbonyl (C=O) groups is 2. The summed E-state index contributed by atoms with van der Waals surface area (Å²) in [5.74, 6) is 2.68. The van der Waals surface area contributed by atoms with Gasteiger partial charge in [-0.3, -0.25) is 9.59 Å². The van der Waals surface area contributed by atoms with Crippen LogP contribution in [0.25, 0.3) is 0 Å². The Labute approximate surface area is 231 Å². The maximum Gasteiger partial charge on any atom is 0.220 e. The van der Waals surface area contributed by atoms with E-state index in [2.05, 4.69) is 39.9 Å². The Balaban J connectivity index is 1.29. The van der Waals surface area contributed by atoms with Crippen LogP contribution in [0.2, 0.25) is 4.34 Å². The molecule has 0 radical (unpaired) electrons. The minimum absolute atomic E-state index is 0.0118. The zero-order valence-corrected chi connectivity index (χ0v) is 24.6. The largest absolute Gasteiger partial charge is 0.392 e. The number of ketones is 1. The first-order valence-corrected chi connectivity index (χ1v) is 15.6. The molecule has 0 saturated heterocycles. The highest BCUT2D eigenvalue weighted by molar-refractivity contribution is 7.16. The molecule has 0 bridgehead atoms. The third-order valence-corrected chi connectivity index (χ3v) is 12.4. The molecule has 4 nitrogen and oxygen atoms in total. The third-order valence-electron chi connectivity index (χ3n) is 11.1. The highest BCUT2D eigenvalue weighted by Gasteiger charge is 2.61. The van der Waals surface area contributed by atoms with Gasteiger partial charge in [-0.2, -0.15) is 0 Å². The van der Waals surface area contributed by atoms with Crippen molar-refractivity contribution in [1.82, 2.24) is 5.32 Å². The lowest BCUT2D eigenvalue weighted by Crippen LogP contribution is -2.55. The summed E-state index contributed by atoms with van der Waals surface area (Å²) in [6.45, 7) is 11.4. The fraction of sp³-hybridized carbons (Fsp3) is 0.742. The van der Waals surface area contributed by atoms with Crippen LogP contribution in [0.1, 0.15) is 96.9 Å². The van der Waals surface area contributed by atoms with Crippen LogP contribution >= 0.6 is 22.9 Å². The summed E-state index contributed by atoms with van der Waals surface area (Å²) in [5.41, 5.74) is 1.41. The van der Waals surface area contributed by atoms with Gasteiger partial charge in [0.05, 0.1) is 16.5 Å². The molecule has 3 fully saturated rings. The molecule has 5 rings (SSSR count). The number of rotatable bonds is 6. The molecule has 2 unspecified atom stereocenters. The van der Waals surface area contributed by atoms with Gasteiger partial charge in [0.25, 0.3) is 0 Å². The molecule has 1 aromatic heterocycles. The maximum atomic E-state index is 13.3. The topological polar surface area (TPSA) is 66.4 Å². The molecule has 1 aromatic rings. The molecular formula is C31H44ClNO3S. The average Bonchev–Trinajstić information content (AvgIpc) is 3.41. The summed E-state index contributed by atoms with van der Waals surface area (Å²) in [6, 6.07) is 3.93. The number of aliphatic hydroxyl groups excluding tert-OH is 1. The molecule has 0 spiro atoms. The zero-order chi connectivity index (χ0) is 26.7. The molecule has 4 aliphatic carbocycles. The minimum atomic E-state index is -0.360. The number of halogens is 1. The number of hydrogen-bond acceptors (Lipinski definition) is 4. The first kappa shape index (κ1) is 27.4. The minimum Gasteiger partial charge on any atom is -0.392 e. The van der Waals surface area contributed by atoms with E-state index in [1.54, 1.807) is 11.3 Å². The number of amides is 1. The quantitative estimate of drug-likeness (QED) is 0.392. The Bertz CT molecular complexity index is 1080. The summed E-state index contributed by atoms with van der Waals surface area (Å²) in [4.78, 5) is 26.5. The highest BCUT2D eigenvalue weighted by atomic mass is 35.5. The van der Waals surface area contributed by atoms with Crippen LogP contribution in [0.4, 0.5) is 0 Å². The van der Waals surface area contributed by atoms with Crippen LogP contribution in [0.3, 0.4) is 0 Å². The average molecular weight is 546 g/mol. The van der Waals surface area contributed by atoms with Gasteiger partial charge in [0.1, 0.15) is 0 Å². The number of carbonyl (C=O) groups excluding carboxylic acids is 2. The molecule has 1 heterocycles. The van der Waals surface area contributed by atoms with Crippen LogP contribution in [-0.4, -0.2) is 22.9 Å². The van der Waals surface area contributed by atoms with Crippen LogP contribution in [0, 0.1) is 46.3 Å². The number of fused-ring (bicyclic) bond motifs is 5. The van der Waals surface area contributed by atoms with E-state index in [0.29, 0.717) is 54.8 Å². The van der Waals surface area contributed by atoms with Gasteiger partial charge in [-0.15, -0.1) is 11.3 Å². The van der Waals surface area contributed by atoms with E-state index in [-0.39, 0.29) is 34.7 Å². The van der Waals surface area contributed by atoms with Crippen molar-refractivity contribution in [2.45, 2.75) is 98.1 Å². The van der Waals surface area contributed by atoms with Gasteiger partial charge in [-0.25, -0.2) is 0 Å². The summed E-state index contributed by atoms with van der Waals surface area (Å²) in [5, 5.41) is 14.7. The lowest BCUT2D eigenvalue weighted by Gasteiger charge is -2.59. The van der Waals surface area contributed by atoms with Gasteiger partial charge in [-0.05, 0) is 103 Å². The number of aliphatic hydroxyl groups is 1. The number of thiophene rings is 1. The van der Waals surface area contributed by atoms with E-state index in [9.17, 15) is 14.7 Å². The van der Waals surface area contributed by atoms with Gasteiger partial charge in [-0.1, -0.05) is 51.8 Å². The van der Waals surface area contributed by atoms with Crippen LogP contribution < -0.4 is 5.32 Å². The SMILES string of the molecule is CC(C)C(NC(=O)C[C@@H](C)C1CC[C@H]2[C@@H]3[C@H](O)CC4=CC(=O)CC[C@]4(C)[C@H]3CC[C@]12C)c1ccc(Cl)s1. The second kappa shape index (κ2) is 10.1. The summed E-state index contributed by atoms with van der Waals surface area (Å²) >= 11 is 7.73. The first-order chi connectivity index (χ1) is 17.4. The smallest absolute Gasteiger partial charge is 0.220 e. The fourth-order valence-electron chi connectivity index (χ4n) is 9.23. The van der Waals surface area contributed by atoms with Crippen molar-refractivity contribution in [2.24, 2.45) is 46.3 Å². The lowest BCUT2D eigenvalue weighted by molar-refractivity contribution is -0.128. The molecule has 0 aromatic carbocycles. The van der Waals surface area contributed by atoms with Crippen molar-refractivity contribution in [2.75, 3.05) is 0 Å². The van der Waals surface area contributed by atoms with Crippen molar-refractivity contribution >= 4 is 34.6 Å². The third kappa shape index (κ3) is 4.76. The van der Waals surface area contributed by atoms with Gasteiger partial charge in [0.2, 0.25) is 5.91 Å². The molecule has 1 amide bonds. The summed E-state index contributed by atoms with van der Waals surface area (Å²) in [6.07, 6.45) is 8.82. The molecule has 204 valence electrons. The van der Waals surface area contributed by atoms with Crippen molar-refractivity contribution < 1.29 is 14.7 Å². The Morgan fingerprint density at radius 3 is 2.59 bits per heavy atom. The predicted molar refractivity (Wildman–Crippen MR) is 150 cm³/mol. The van der Waals surface area contributed by atoms with Crippen LogP contribution in [-0.2, 0) is 9.59 Å². The van der Waals surface area contributed by atoms with E-state index in [1.165, 1.54) is 5.57 Å². The first-order valence-electron chi connectivity index (χ1n) is 14.4. The molecule has 6 heteroatoms. The number of nitrogens with one attached hydrogen (secondary N) is 1. The Hall–Kier alpha value is -1.17. The normalized spacial score (nSPS) is 38.9. The van der Waals surface area contributed by atoms with Crippen molar-refractivity contribution in [3.05, 3.63) is 33.0 Å². The molecule has 2 N–H and O–H groups in total. The lowest BCUT2D eigenvalue weighted by atomic mass is 9.45. The van der Waals surface area contributed by atoms with Gasteiger partial charge >= 0.3 is 0 Å². The van der Waals surface area contributed by atoms with E-state index < -0.39 is 0 Å². The highest BCUT2D eigenvalue weighted by Crippen LogP contribution is 2.67. The Morgan fingerprint density at radius 2 is 1.92 bits per heavy atom. The van der Waals surface area contributed by atoms with Crippen molar-refractivity contribution in [3.63, 3.8) is 0 Å². The Morgan fingerprint density at radius 1 is 1.16 bits per heavy atom. The fourth-order valence-corrected chi connectivity index (χ4v) is 10.5. The molecular weight excluding hydrogens is 502 g/mol. The predicted octanol–water partition coefficient (Wildman–Crippen LogP) is 7.36. The molecule has 9 atom stereocenters. The van der Waals surface area contributed by atoms with Crippen molar-refractivity contribution in [3.8, 4) is 0 Å². The molecule has 37 heavy (non-hydrogen) atoms. The van der Waals surface area contributed by atoms with E-state index in [0.717, 1.165) is 41.3 Å². The van der Waals surface area contributed by atoms with Gasteiger partial charge < -0.3 is 10.4 Å². The second-order valence-electron chi connectivity index (χ2n) is 13.5. The molecule has 0 aliphatic heterocycles. The standard InChI is InChI=1S/C31H44ClNO3S/c1-17(2)29(25-8-9-26(32)37-25)33-27(36)14-18(3)21-6-7-22-28-23(11-13-31(21,22)5)30(4)12-10-20(34)15-19(30)16-24(28)35/h8-9,15,17-18,21-24,28-29,35H,6-7,10-14,16H2,1-5H3,(H,33,36)/t18-,21?,22+,23+,24-,28+,29?,30+,31-/m1/s1. The summed E-state index contributed by atoms with van der Waals surface area (Å²) in [7, 11) is 0. The van der Waals surface area contributed by atoms with E-state index in [1.807, 2.05) is 18.2 Å².